The van der Waals surface area contributed by atoms with Crippen molar-refractivity contribution >= 4 is 33.3 Å². The molecule has 2 aromatic rings. The topological polar surface area (TPSA) is 61.0 Å². The molecule has 16 heavy (non-hydrogen) atoms. The standard InChI is InChI=1S/C10H7BrClN3O/c11-6-1-2-8(7(12)3-6)16-10-5-14-9(13)4-15-10/h1-5H,(H2,13,14). The van der Waals surface area contributed by atoms with Crippen LogP contribution < -0.4 is 10.5 Å². The molecule has 1 heterocycles. The summed E-state index contributed by atoms with van der Waals surface area (Å²) in [7, 11) is 0. The van der Waals surface area contributed by atoms with E-state index in [0.29, 0.717) is 22.5 Å². The van der Waals surface area contributed by atoms with Gasteiger partial charge in [-0.25, -0.2) is 9.97 Å². The van der Waals surface area contributed by atoms with Crippen molar-refractivity contribution in [3.63, 3.8) is 0 Å². The molecule has 0 spiro atoms. The van der Waals surface area contributed by atoms with Crippen molar-refractivity contribution in [2.45, 2.75) is 0 Å². The van der Waals surface area contributed by atoms with Gasteiger partial charge in [-0.15, -0.1) is 0 Å². The molecule has 0 amide bonds. The molecule has 1 aromatic heterocycles. The summed E-state index contributed by atoms with van der Waals surface area (Å²) < 4.78 is 6.32. The largest absolute Gasteiger partial charge is 0.436 e. The molecule has 0 fully saturated rings. The van der Waals surface area contributed by atoms with Gasteiger partial charge in [0.1, 0.15) is 11.6 Å². The van der Waals surface area contributed by atoms with Crippen molar-refractivity contribution in [2.24, 2.45) is 0 Å². The number of aromatic nitrogens is 2. The van der Waals surface area contributed by atoms with E-state index in [1.807, 2.05) is 6.07 Å². The van der Waals surface area contributed by atoms with E-state index in [-0.39, 0.29) is 0 Å². The summed E-state index contributed by atoms with van der Waals surface area (Å²) in [5, 5.41) is 0.494. The lowest BCUT2D eigenvalue weighted by atomic mass is 10.3. The van der Waals surface area contributed by atoms with Gasteiger partial charge in [0, 0.05) is 4.47 Å². The maximum absolute atomic E-state index is 5.98. The maximum Gasteiger partial charge on any atom is 0.238 e. The fourth-order valence-corrected chi connectivity index (χ4v) is 1.76. The van der Waals surface area contributed by atoms with Crippen molar-refractivity contribution in [1.82, 2.24) is 9.97 Å². The molecule has 0 radical (unpaired) electrons. The zero-order valence-electron chi connectivity index (χ0n) is 8.02. The fourth-order valence-electron chi connectivity index (χ4n) is 1.05. The second-order valence-electron chi connectivity index (χ2n) is 2.96. The summed E-state index contributed by atoms with van der Waals surface area (Å²) in [6, 6.07) is 5.30. The van der Waals surface area contributed by atoms with E-state index in [2.05, 4.69) is 25.9 Å². The van der Waals surface area contributed by atoms with Crippen molar-refractivity contribution in [2.75, 3.05) is 5.73 Å². The lowest BCUT2D eigenvalue weighted by molar-refractivity contribution is 0.460. The van der Waals surface area contributed by atoms with Gasteiger partial charge in [-0.1, -0.05) is 27.5 Å². The molecule has 2 N–H and O–H groups in total. The first-order valence-electron chi connectivity index (χ1n) is 4.35. The number of anilines is 1. The highest BCUT2D eigenvalue weighted by Gasteiger charge is 2.04. The Morgan fingerprint density at radius 3 is 2.69 bits per heavy atom. The zero-order chi connectivity index (χ0) is 11.5. The van der Waals surface area contributed by atoms with E-state index in [1.165, 1.54) is 12.4 Å². The monoisotopic (exact) mass is 299 g/mol. The molecule has 6 heteroatoms. The molecule has 0 aliphatic heterocycles. The van der Waals surface area contributed by atoms with Crippen LogP contribution in [-0.4, -0.2) is 9.97 Å². The molecule has 0 aliphatic rings. The Hall–Kier alpha value is -1.33. The van der Waals surface area contributed by atoms with Crippen LogP contribution >= 0.6 is 27.5 Å². The Morgan fingerprint density at radius 1 is 1.25 bits per heavy atom. The van der Waals surface area contributed by atoms with Gasteiger partial charge in [-0.3, -0.25) is 0 Å². The Labute approximate surface area is 106 Å². The molecule has 2 rings (SSSR count). The van der Waals surface area contributed by atoms with Gasteiger partial charge in [0.15, 0.2) is 0 Å². The molecule has 0 aliphatic carbocycles. The number of hydrogen-bond acceptors (Lipinski definition) is 4. The lowest BCUT2D eigenvalue weighted by Crippen LogP contribution is -1.93. The molecule has 0 unspecified atom stereocenters. The van der Waals surface area contributed by atoms with Crippen molar-refractivity contribution in [1.29, 1.82) is 0 Å². The summed E-state index contributed by atoms with van der Waals surface area (Å²) in [5.41, 5.74) is 5.41. The quantitative estimate of drug-likeness (QED) is 0.924. The van der Waals surface area contributed by atoms with Crippen LogP contribution in [0.2, 0.25) is 5.02 Å². The van der Waals surface area contributed by atoms with Crippen LogP contribution in [0.15, 0.2) is 35.1 Å². The van der Waals surface area contributed by atoms with Crippen LogP contribution in [0.1, 0.15) is 0 Å². The maximum atomic E-state index is 5.98. The number of benzene rings is 1. The van der Waals surface area contributed by atoms with Crippen LogP contribution in [0.4, 0.5) is 5.82 Å². The second kappa shape index (κ2) is 4.67. The molecule has 4 nitrogen and oxygen atoms in total. The highest BCUT2D eigenvalue weighted by Crippen LogP contribution is 2.30. The average molecular weight is 301 g/mol. The minimum absolute atomic E-state index is 0.342. The molecule has 1 aromatic carbocycles. The molecule has 0 atom stereocenters. The summed E-state index contributed by atoms with van der Waals surface area (Å²) in [6.07, 6.45) is 2.86. The third kappa shape index (κ3) is 2.62. The third-order valence-electron chi connectivity index (χ3n) is 1.76. The van der Waals surface area contributed by atoms with Gasteiger partial charge in [-0.05, 0) is 18.2 Å². The number of ether oxygens (including phenoxy) is 1. The predicted octanol–water partition coefficient (Wildman–Crippen LogP) is 3.27. The van der Waals surface area contributed by atoms with E-state index >= 15 is 0 Å². The summed E-state index contributed by atoms with van der Waals surface area (Å²) in [5.74, 6) is 1.21. The molecular formula is C10H7BrClN3O. The van der Waals surface area contributed by atoms with Crippen molar-refractivity contribution < 1.29 is 4.74 Å². The van der Waals surface area contributed by atoms with Gasteiger partial charge >= 0.3 is 0 Å². The first-order valence-corrected chi connectivity index (χ1v) is 5.52. The summed E-state index contributed by atoms with van der Waals surface area (Å²) in [6.45, 7) is 0. The van der Waals surface area contributed by atoms with Crippen LogP contribution in [0.3, 0.4) is 0 Å². The normalized spacial score (nSPS) is 10.1. The highest BCUT2D eigenvalue weighted by atomic mass is 79.9. The van der Waals surface area contributed by atoms with E-state index in [4.69, 9.17) is 22.1 Å². The first kappa shape index (κ1) is 11.2. The molecule has 0 bridgehead atoms. The molecule has 0 saturated carbocycles. The Kier molecular flexibility index (Phi) is 3.26. The number of nitrogens with zero attached hydrogens (tertiary/aromatic N) is 2. The number of hydrogen-bond donors (Lipinski definition) is 1. The van der Waals surface area contributed by atoms with Gasteiger partial charge in [0.05, 0.1) is 17.4 Å². The highest BCUT2D eigenvalue weighted by molar-refractivity contribution is 9.10. The van der Waals surface area contributed by atoms with Crippen LogP contribution in [0.25, 0.3) is 0 Å². The molecule has 82 valence electrons. The SMILES string of the molecule is Nc1cnc(Oc2ccc(Br)cc2Cl)cn1. The minimum atomic E-state index is 0.342. The zero-order valence-corrected chi connectivity index (χ0v) is 10.4. The first-order chi connectivity index (χ1) is 7.65. The molecule has 0 saturated heterocycles. The third-order valence-corrected chi connectivity index (χ3v) is 2.55. The average Bonchev–Trinajstić information content (AvgIpc) is 2.25. The Bertz CT molecular complexity index is 504. The fraction of sp³-hybridized carbons (Fsp3) is 0. The molecular weight excluding hydrogens is 293 g/mol. The second-order valence-corrected chi connectivity index (χ2v) is 4.28. The Morgan fingerprint density at radius 2 is 2.06 bits per heavy atom. The van der Waals surface area contributed by atoms with Crippen LogP contribution in [0.5, 0.6) is 11.6 Å². The van der Waals surface area contributed by atoms with Gasteiger partial charge in [-0.2, -0.15) is 0 Å². The summed E-state index contributed by atoms with van der Waals surface area (Å²) in [4.78, 5) is 7.82. The number of halogens is 2. The van der Waals surface area contributed by atoms with Crippen LogP contribution in [-0.2, 0) is 0 Å². The van der Waals surface area contributed by atoms with Crippen molar-refractivity contribution in [3.8, 4) is 11.6 Å². The number of nitrogen functional groups attached to an aromatic ring is 1. The minimum Gasteiger partial charge on any atom is -0.436 e. The summed E-state index contributed by atoms with van der Waals surface area (Å²) >= 11 is 9.29. The van der Waals surface area contributed by atoms with E-state index in [9.17, 15) is 0 Å². The van der Waals surface area contributed by atoms with Gasteiger partial charge < -0.3 is 10.5 Å². The smallest absolute Gasteiger partial charge is 0.238 e. The van der Waals surface area contributed by atoms with E-state index < -0.39 is 0 Å². The lowest BCUT2D eigenvalue weighted by Gasteiger charge is -2.06. The predicted molar refractivity (Wildman–Crippen MR) is 65.7 cm³/mol. The van der Waals surface area contributed by atoms with E-state index in [0.717, 1.165) is 4.47 Å². The van der Waals surface area contributed by atoms with Crippen LogP contribution in [0, 0.1) is 0 Å². The number of rotatable bonds is 2. The van der Waals surface area contributed by atoms with Gasteiger partial charge in [0.25, 0.3) is 0 Å². The Balaban J connectivity index is 2.23. The van der Waals surface area contributed by atoms with E-state index in [1.54, 1.807) is 12.1 Å². The number of nitrogens with two attached hydrogens (primary N) is 1. The van der Waals surface area contributed by atoms with Crippen molar-refractivity contribution in [3.05, 3.63) is 40.1 Å². The van der Waals surface area contributed by atoms with Gasteiger partial charge in [0.2, 0.25) is 5.88 Å².